The molecule has 1 rings (SSSR count). The molecule has 1 aromatic carbocycles. The average molecular weight is 258 g/mol. The summed E-state index contributed by atoms with van der Waals surface area (Å²) in [5, 5.41) is 13.3. The van der Waals surface area contributed by atoms with Gasteiger partial charge in [-0.2, -0.15) is 0 Å². The quantitative estimate of drug-likeness (QED) is 0.788. The van der Waals surface area contributed by atoms with Gasteiger partial charge in [0, 0.05) is 18.2 Å². The van der Waals surface area contributed by atoms with Gasteiger partial charge in [-0.05, 0) is 24.1 Å². The summed E-state index contributed by atoms with van der Waals surface area (Å²) in [4.78, 5) is 0. The largest absolute Gasteiger partial charge is 0.395 e. The van der Waals surface area contributed by atoms with Crippen molar-refractivity contribution in [1.82, 2.24) is 5.32 Å². The first-order chi connectivity index (χ1) is 8.21. The standard InChI is InChI=1S/C13H20ClNO2/c1-3-13(15-12(8-16)9-17-2)10-4-6-11(14)7-5-10/h4-7,12-13,15-16H,3,8-9H2,1-2H3. The van der Waals surface area contributed by atoms with E-state index in [-0.39, 0.29) is 18.7 Å². The van der Waals surface area contributed by atoms with Crippen LogP contribution in [-0.2, 0) is 4.74 Å². The molecule has 2 atom stereocenters. The van der Waals surface area contributed by atoms with Gasteiger partial charge in [-0.25, -0.2) is 0 Å². The Morgan fingerprint density at radius 1 is 1.35 bits per heavy atom. The number of hydrogen-bond donors (Lipinski definition) is 2. The molecule has 0 aliphatic rings. The highest BCUT2D eigenvalue weighted by Crippen LogP contribution is 2.19. The number of methoxy groups -OCH3 is 1. The second-order valence-corrected chi connectivity index (χ2v) is 4.45. The third kappa shape index (κ3) is 4.64. The van der Waals surface area contributed by atoms with Crippen LogP contribution >= 0.6 is 11.6 Å². The molecule has 4 heteroatoms. The molecule has 0 aliphatic carbocycles. The summed E-state index contributed by atoms with van der Waals surface area (Å²) >= 11 is 5.86. The molecule has 0 amide bonds. The molecule has 2 unspecified atom stereocenters. The van der Waals surface area contributed by atoms with Gasteiger partial charge in [0.1, 0.15) is 0 Å². The molecular formula is C13H20ClNO2. The van der Waals surface area contributed by atoms with E-state index in [1.165, 1.54) is 5.56 Å². The smallest absolute Gasteiger partial charge is 0.0638 e. The normalized spacial score (nSPS) is 14.6. The number of aliphatic hydroxyl groups excluding tert-OH is 1. The summed E-state index contributed by atoms with van der Waals surface area (Å²) in [6, 6.07) is 7.94. The maximum Gasteiger partial charge on any atom is 0.0638 e. The maximum absolute atomic E-state index is 9.23. The minimum atomic E-state index is -0.0411. The highest BCUT2D eigenvalue weighted by Gasteiger charge is 2.14. The SMILES string of the molecule is CCC(NC(CO)COC)c1ccc(Cl)cc1. The lowest BCUT2D eigenvalue weighted by atomic mass is 10.0. The van der Waals surface area contributed by atoms with Crippen LogP contribution in [0.25, 0.3) is 0 Å². The van der Waals surface area contributed by atoms with Crippen molar-refractivity contribution in [3.8, 4) is 0 Å². The Labute approximate surface area is 108 Å². The molecule has 0 spiro atoms. The first-order valence-corrected chi connectivity index (χ1v) is 6.20. The minimum absolute atomic E-state index is 0.0411. The minimum Gasteiger partial charge on any atom is -0.395 e. The highest BCUT2D eigenvalue weighted by molar-refractivity contribution is 6.30. The van der Waals surface area contributed by atoms with Crippen LogP contribution in [0.15, 0.2) is 24.3 Å². The average Bonchev–Trinajstić information content (AvgIpc) is 2.36. The molecule has 0 fully saturated rings. The fourth-order valence-corrected chi connectivity index (χ4v) is 1.91. The molecule has 17 heavy (non-hydrogen) atoms. The summed E-state index contributed by atoms with van der Waals surface area (Å²) in [5.41, 5.74) is 1.17. The molecule has 96 valence electrons. The van der Waals surface area contributed by atoms with Gasteiger partial charge in [0.15, 0.2) is 0 Å². The van der Waals surface area contributed by atoms with Crippen molar-refractivity contribution in [2.75, 3.05) is 20.3 Å². The van der Waals surface area contributed by atoms with Crippen LogP contribution in [0.3, 0.4) is 0 Å². The summed E-state index contributed by atoms with van der Waals surface area (Å²) in [5.74, 6) is 0. The molecule has 0 saturated carbocycles. The van der Waals surface area contributed by atoms with Gasteiger partial charge in [0.25, 0.3) is 0 Å². The summed E-state index contributed by atoms with van der Waals surface area (Å²) in [6.45, 7) is 2.67. The Morgan fingerprint density at radius 3 is 2.47 bits per heavy atom. The number of hydrogen-bond acceptors (Lipinski definition) is 3. The summed E-state index contributed by atoms with van der Waals surface area (Å²) in [6.07, 6.45) is 0.946. The number of nitrogens with one attached hydrogen (secondary N) is 1. The number of rotatable bonds is 7. The zero-order valence-corrected chi connectivity index (χ0v) is 11.1. The zero-order valence-electron chi connectivity index (χ0n) is 10.3. The Kier molecular flexibility index (Phi) is 6.52. The lowest BCUT2D eigenvalue weighted by Gasteiger charge is -2.23. The van der Waals surface area contributed by atoms with Crippen LogP contribution in [-0.4, -0.2) is 31.5 Å². The number of benzene rings is 1. The van der Waals surface area contributed by atoms with Crippen molar-refractivity contribution in [3.63, 3.8) is 0 Å². The van der Waals surface area contributed by atoms with Crippen molar-refractivity contribution in [1.29, 1.82) is 0 Å². The maximum atomic E-state index is 9.23. The fraction of sp³-hybridized carbons (Fsp3) is 0.538. The van der Waals surface area contributed by atoms with E-state index in [1.807, 2.05) is 24.3 Å². The molecular weight excluding hydrogens is 238 g/mol. The molecule has 0 heterocycles. The Balaban J connectivity index is 2.67. The molecule has 1 aromatic rings. The van der Waals surface area contributed by atoms with Gasteiger partial charge in [-0.15, -0.1) is 0 Å². The molecule has 3 nitrogen and oxygen atoms in total. The predicted octanol–water partition coefficient (Wildman–Crippen LogP) is 2.39. The topological polar surface area (TPSA) is 41.5 Å². The van der Waals surface area contributed by atoms with Crippen LogP contribution in [0.5, 0.6) is 0 Å². The Morgan fingerprint density at radius 2 is 2.00 bits per heavy atom. The van der Waals surface area contributed by atoms with Crippen molar-refractivity contribution in [3.05, 3.63) is 34.9 Å². The lowest BCUT2D eigenvalue weighted by Crippen LogP contribution is -2.38. The van der Waals surface area contributed by atoms with Crippen molar-refractivity contribution < 1.29 is 9.84 Å². The highest BCUT2D eigenvalue weighted by atomic mass is 35.5. The van der Waals surface area contributed by atoms with E-state index in [9.17, 15) is 5.11 Å². The monoisotopic (exact) mass is 257 g/mol. The first kappa shape index (κ1) is 14.5. The lowest BCUT2D eigenvalue weighted by molar-refractivity contribution is 0.121. The number of halogens is 1. The van der Waals surface area contributed by atoms with Crippen molar-refractivity contribution in [2.45, 2.75) is 25.4 Å². The van der Waals surface area contributed by atoms with Crippen LogP contribution in [0.1, 0.15) is 24.9 Å². The van der Waals surface area contributed by atoms with E-state index in [1.54, 1.807) is 7.11 Å². The van der Waals surface area contributed by atoms with Gasteiger partial charge >= 0.3 is 0 Å². The Bertz CT molecular complexity index is 316. The van der Waals surface area contributed by atoms with E-state index in [4.69, 9.17) is 16.3 Å². The Hall–Kier alpha value is -0.610. The van der Waals surface area contributed by atoms with E-state index < -0.39 is 0 Å². The van der Waals surface area contributed by atoms with Crippen LogP contribution in [0, 0.1) is 0 Å². The molecule has 0 aliphatic heterocycles. The van der Waals surface area contributed by atoms with Gasteiger partial charge in [0.2, 0.25) is 0 Å². The molecule has 2 N–H and O–H groups in total. The summed E-state index contributed by atoms with van der Waals surface area (Å²) in [7, 11) is 1.63. The summed E-state index contributed by atoms with van der Waals surface area (Å²) < 4.78 is 5.05. The van der Waals surface area contributed by atoms with E-state index >= 15 is 0 Å². The van der Waals surface area contributed by atoms with E-state index in [2.05, 4.69) is 12.2 Å². The molecule has 0 saturated heterocycles. The zero-order chi connectivity index (χ0) is 12.7. The van der Waals surface area contributed by atoms with Gasteiger partial charge in [-0.1, -0.05) is 30.7 Å². The molecule has 0 bridgehead atoms. The van der Waals surface area contributed by atoms with Gasteiger partial charge in [0.05, 0.1) is 19.3 Å². The van der Waals surface area contributed by atoms with Gasteiger partial charge < -0.3 is 15.2 Å². The van der Waals surface area contributed by atoms with Crippen molar-refractivity contribution in [2.24, 2.45) is 0 Å². The van der Waals surface area contributed by atoms with Crippen LogP contribution in [0.4, 0.5) is 0 Å². The van der Waals surface area contributed by atoms with Crippen molar-refractivity contribution >= 4 is 11.6 Å². The molecule has 0 aromatic heterocycles. The third-order valence-electron chi connectivity index (χ3n) is 2.71. The third-order valence-corrected chi connectivity index (χ3v) is 2.96. The number of ether oxygens (including phenoxy) is 1. The van der Waals surface area contributed by atoms with Crippen LogP contribution in [0.2, 0.25) is 5.02 Å². The molecule has 0 radical (unpaired) electrons. The van der Waals surface area contributed by atoms with E-state index in [0.717, 1.165) is 11.4 Å². The van der Waals surface area contributed by atoms with Crippen LogP contribution < -0.4 is 5.32 Å². The van der Waals surface area contributed by atoms with Gasteiger partial charge in [-0.3, -0.25) is 0 Å². The fourth-order valence-electron chi connectivity index (χ4n) is 1.78. The first-order valence-electron chi connectivity index (χ1n) is 5.82. The number of aliphatic hydroxyl groups is 1. The second-order valence-electron chi connectivity index (χ2n) is 4.01. The van der Waals surface area contributed by atoms with E-state index in [0.29, 0.717) is 6.61 Å². The second kappa shape index (κ2) is 7.67. The predicted molar refractivity (Wildman–Crippen MR) is 70.4 cm³/mol.